The van der Waals surface area contributed by atoms with Gasteiger partial charge in [0.05, 0.1) is 5.92 Å². The lowest BCUT2D eigenvalue weighted by molar-refractivity contribution is -0.117. The molecule has 2 rings (SSSR count). The van der Waals surface area contributed by atoms with Crippen LogP contribution in [0.5, 0.6) is 0 Å². The molecule has 0 bridgehead atoms. The summed E-state index contributed by atoms with van der Waals surface area (Å²) >= 11 is 0. The van der Waals surface area contributed by atoms with Gasteiger partial charge in [0, 0.05) is 5.69 Å². The fraction of sp³-hybridized carbons (Fsp3) is 0.316. The van der Waals surface area contributed by atoms with Crippen LogP contribution in [0, 0.1) is 11.7 Å². The molecule has 0 saturated carbocycles. The molecule has 3 heteroatoms. The van der Waals surface area contributed by atoms with E-state index >= 15 is 0 Å². The molecule has 1 atom stereocenters. The van der Waals surface area contributed by atoms with E-state index in [0.717, 1.165) is 12.0 Å². The lowest BCUT2D eigenvalue weighted by Gasteiger charge is -2.13. The van der Waals surface area contributed by atoms with Crippen molar-refractivity contribution in [1.82, 2.24) is 0 Å². The maximum Gasteiger partial charge on any atom is 0.231 e. The Morgan fingerprint density at radius 3 is 2.14 bits per heavy atom. The smallest absolute Gasteiger partial charge is 0.231 e. The van der Waals surface area contributed by atoms with E-state index in [2.05, 4.69) is 31.3 Å². The second-order valence-electron chi connectivity index (χ2n) is 6.06. The Kier molecular flexibility index (Phi) is 5.31. The van der Waals surface area contributed by atoms with Crippen molar-refractivity contribution in [3.05, 3.63) is 65.5 Å². The Hall–Kier alpha value is -2.16. The average Bonchev–Trinajstić information content (AvgIpc) is 2.49. The minimum atomic E-state index is -0.313. The molecule has 22 heavy (non-hydrogen) atoms. The van der Waals surface area contributed by atoms with Gasteiger partial charge < -0.3 is 5.32 Å². The fourth-order valence-corrected chi connectivity index (χ4v) is 2.35. The van der Waals surface area contributed by atoms with Crippen LogP contribution in [-0.4, -0.2) is 5.91 Å². The summed E-state index contributed by atoms with van der Waals surface area (Å²) in [6.45, 7) is 6.25. The van der Waals surface area contributed by atoms with Crippen molar-refractivity contribution in [2.75, 3.05) is 5.32 Å². The van der Waals surface area contributed by atoms with Gasteiger partial charge in [0.15, 0.2) is 0 Å². The second-order valence-corrected chi connectivity index (χ2v) is 6.06. The first-order chi connectivity index (χ1) is 10.5. The SMILES string of the molecule is CC(C)Cc1ccc(C(C)C(=O)Nc2ccc(F)cc2)cc1. The van der Waals surface area contributed by atoms with E-state index in [1.807, 2.05) is 19.1 Å². The highest BCUT2D eigenvalue weighted by Gasteiger charge is 2.15. The molecule has 1 N–H and O–H groups in total. The normalized spacial score (nSPS) is 12.2. The maximum absolute atomic E-state index is 12.9. The molecule has 0 heterocycles. The third kappa shape index (κ3) is 4.42. The highest BCUT2D eigenvalue weighted by atomic mass is 19.1. The van der Waals surface area contributed by atoms with Gasteiger partial charge >= 0.3 is 0 Å². The Balaban J connectivity index is 2.02. The van der Waals surface area contributed by atoms with E-state index in [0.29, 0.717) is 11.6 Å². The van der Waals surface area contributed by atoms with Crippen LogP contribution in [-0.2, 0) is 11.2 Å². The number of anilines is 1. The van der Waals surface area contributed by atoms with Gasteiger partial charge in [0.25, 0.3) is 0 Å². The number of rotatable bonds is 5. The minimum absolute atomic E-state index is 0.0942. The van der Waals surface area contributed by atoms with Crippen molar-refractivity contribution in [3.63, 3.8) is 0 Å². The van der Waals surface area contributed by atoms with Crippen LogP contribution in [0.15, 0.2) is 48.5 Å². The van der Waals surface area contributed by atoms with E-state index in [9.17, 15) is 9.18 Å². The Morgan fingerprint density at radius 1 is 1.00 bits per heavy atom. The van der Waals surface area contributed by atoms with E-state index in [4.69, 9.17) is 0 Å². The molecular formula is C19H22FNO. The van der Waals surface area contributed by atoms with Gasteiger partial charge in [-0.15, -0.1) is 0 Å². The summed E-state index contributed by atoms with van der Waals surface area (Å²) in [7, 11) is 0. The summed E-state index contributed by atoms with van der Waals surface area (Å²) < 4.78 is 12.9. The fourth-order valence-electron chi connectivity index (χ4n) is 2.35. The molecule has 0 aliphatic carbocycles. The number of amides is 1. The van der Waals surface area contributed by atoms with Crippen molar-refractivity contribution in [2.24, 2.45) is 5.92 Å². The van der Waals surface area contributed by atoms with E-state index in [-0.39, 0.29) is 17.6 Å². The first-order valence-corrected chi connectivity index (χ1v) is 7.61. The summed E-state index contributed by atoms with van der Waals surface area (Å²) in [5, 5.41) is 2.81. The predicted molar refractivity (Wildman–Crippen MR) is 88.4 cm³/mol. The Labute approximate surface area is 131 Å². The Bertz CT molecular complexity index is 617. The predicted octanol–water partition coefficient (Wildman–Crippen LogP) is 4.77. The highest BCUT2D eigenvalue weighted by Crippen LogP contribution is 2.20. The number of benzene rings is 2. The summed E-state index contributed by atoms with van der Waals surface area (Å²) in [6, 6.07) is 14.0. The standard InChI is InChI=1S/C19H22FNO/c1-13(2)12-15-4-6-16(7-5-15)14(3)19(22)21-18-10-8-17(20)9-11-18/h4-11,13-14H,12H2,1-3H3,(H,21,22). The molecule has 0 saturated heterocycles. The van der Waals surface area contributed by atoms with Gasteiger partial charge in [0.1, 0.15) is 5.82 Å². The monoisotopic (exact) mass is 299 g/mol. The van der Waals surface area contributed by atoms with Crippen molar-refractivity contribution >= 4 is 11.6 Å². The van der Waals surface area contributed by atoms with E-state index in [1.165, 1.54) is 17.7 Å². The molecular weight excluding hydrogens is 277 g/mol. The molecule has 0 spiro atoms. The highest BCUT2D eigenvalue weighted by molar-refractivity contribution is 5.95. The molecule has 0 aliphatic heterocycles. The third-order valence-electron chi connectivity index (χ3n) is 3.63. The number of halogens is 1. The summed E-state index contributed by atoms with van der Waals surface area (Å²) in [4.78, 5) is 12.3. The lowest BCUT2D eigenvalue weighted by Crippen LogP contribution is -2.18. The van der Waals surface area contributed by atoms with Gasteiger partial charge in [-0.2, -0.15) is 0 Å². The quantitative estimate of drug-likeness (QED) is 0.847. The van der Waals surface area contributed by atoms with Crippen molar-refractivity contribution < 1.29 is 9.18 Å². The number of carbonyl (C=O) groups excluding carboxylic acids is 1. The van der Waals surface area contributed by atoms with Crippen molar-refractivity contribution in [2.45, 2.75) is 33.1 Å². The minimum Gasteiger partial charge on any atom is -0.326 e. The molecule has 2 nitrogen and oxygen atoms in total. The number of hydrogen-bond donors (Lipinski definition) is 1. The van der Waals surface area contributed by atoms with Gasteiger partial charge in [-0.05, 0) is 54.7 Å². The van der Waals surface area contributed by atoms with Gasteiger partial charge in [-0.25, -0.2) is 4.39 Å². The van der Waals surface area contributed by atoms with Crippen LogP contribution in [0.3, 0.4) is 0 Å². The van der Waals surface area contributed by atoms with Gasteiger partial charge in [0.2, 0.25) is 5.91 Å². The zero-order valence-corrected chi connectivity index (χ0v) is 13.3. The summed E-state index contributed by atoms with van der Waals surface area (Å²) in [6.07, 6.45) is 1.04. The van der Waals surface area contributed by atoms with Crippen LogP contribution in [0.25, 0.3) is 0 Å². The average molecular weight is 299 g/mol. The Morgan fingerprint density at radius 2 is 1.59 bits per heavy atom. The van der Waals surface area contributed by atoms with E-state index < -0.39 is 0 Å². The van der Waals surface area contributed by atoms with Crippen LogP contribution in [0.4, 0.5) is 10.1 Å². The topological polar surface area (TPSA) is 29.1 Å². The lowest BCUT2D eigenvalue weighted by atomic mass is 9.96. The maximum atomic E-state index is 12.9. The summed E-state index contributed by atoms with van der Waals surface area (Å²) in [5.41, 5.74) is 2.87. The van der Waals surface area contributed by atoms with Crippen LogP contribution >= 0.6 is 0 Å². The molecule has 116 valence electrons. The van der Waals surface area contributed by atoms with Gasteiger partial charge in [-0.1, -0.05) is 38.1 Å². The van der Waals surface area contributed by atoms with Crippen molar-refractivity contribution in [1.29, 1.82) is 0 Å². The number of hydrogen-bond acceptors (Lipinski definition) is 1. The first-order valence-electron chi connectivity index (χ1n) is 7.61. The zero-order valence-electron chi connectivity index (χ0n) is 13.3. The van der Waals surface area contributed by atoms with Crippen LogP contribution in [0.1, 0.15) is 37.8 Å². The van der Waals surface area contributed by atoms with Crippen molar-refractivity contribution in [3.8, 4) is 0 Å². The summed E-state index contributed by atoms with van der Waals surface area (Å²) in [5.74, 6) is -0.0433. The van der Waals surface area contributed by atoms with E-state index in [1.54, 1.807) is 12.1 Å². The largest absolute Gasteiger partial charge is 0.326 e. The molecule has 0 fully saturated rings. The molecule has 0 radical (unpaired) electrons. The second kappa shape index (κ2) is 7.21. The van der Waals surface area contributed by atoms with Gasteiger partial charge in [-0.3, -0.25) is 4.79 Å². The molecule has 0 aromatic heterocycles. The van der Waals surface area contributed by atoms with Crippen LogP contribution in [0.2, 0.25) is 0 Å². The number of nitrogens with one attached hydrogen (secondary N) is 1. The molecule has 2 aromatic rings. The molecule has 2 aromatic carbocycles. The molecule has 1 unspecified atom stereocenters. The zero-order chi connectivity index (χ0) is 16.1. The third-order valence-corrected chi connectivity index (χ3v) is 3.63. The molecule has 1 amide bonds. The first kappa shape index (κ1) is 16.2. The van der Waals surface area contributed by atoms with Crippen LogP contribution < -0.4 is 5.32 Å². The number of carbonyl (C=O) groups is 1. The molecule has 0 aliphatic rings.